The molecule has 0 bridgehead atoms. The summed E-state index contributed by atoms with van der Waals surface area (Å²) in [7, 11) is 2.19. The van der Waals surface area contributed by atoms with E-state index in [1.54, 1.807) is 6.20 Å². The second kappa shape index (κ2) is 6.30. The van der Waals surface area contributed by atoms with E-state index >= 15 is 0 Å². The Labute approximate surface area is 120 Å². The highest BCUT2D eigenvalue weighted by molar-refractivity contribution is 7.80. The fourth-order valence-electron chi connectivity index (χ4n) is 2.60. The lowest BCUT2D eigenvalue weighted by molar-refractivity contribution is 0.327. The highest BCUT2D eigenvalue weighted by Crippen LogP contribution is 2.20. The molecule has 0 radical (unpaired) electrons. The van der Waals surface area contributed by atoms with Crippen molar-refractivity contribution in [2.45, 2.75) is 25.8 Å². The first-order chi connectivity index (χ1) is 9.11. The summed E-state index contributed by atoms with van der Waals surface area (Å²) in [5.41, 5.74) is 6.44. The van der Waals surface area contributed by atoms with Crippen LogP contribution >= 0.6 is 12.2 Å². The van der Waals surface area contributed by atoms with E-state index in [1.807, 2.05) is 12.1 Å². The van der Waals surface area contributed by atoms with Crippen molar-refractivity contribution in [3.63, 3.8) is 0 Å². The minimum Gasteiger partial charge on any atom is -0.389 e. The van der Waals surface area contributed by atoms with Gasteiger partial charge >= 0.3 is 0 Å². The molecule has 1 aromatic heterocycles. The van der Waals surface area contributed by atoms with Crippen molar-refractivity contribution in [1.82, 2.24) is 9.88 Å². The molecule has 1 atom stereocenters. The third-order valence-electron chi connectivity index (χ3n) is 3.70. The molecular weight excluding hydrogens is 256 g/mol. The molecule has 0 aromatic carbocycles. The summed E-state index contributed by atoms with van der Waals surface area (Å²) in [6.45, 7) is 5.54. The standard InChI is InChI=1S/C14H22N4S/c1-3-12-10-17(2)7-4-8-18(12)13-6-5-11(9-16-13)14(15)19/h5-6,9,12H,3-4,7-8,10H2,1-2H3,(H2,15,19). The molecule has 1 aromatic rings. The molecule has 1 saturated heterocycles. The molecule has 0 aliphatic carbocycles. The van der Waals surface area contributed by atoms with E-state index in [4.69, 9.17) is 18.0 Å². The first-order valence-corrected chi connectivity index (χ1v) is 7.23. The first kappa shape index (κ1) is 14.2. The summed E-state index contributed by atoms with van der Waals surface area (Å²) in [5, 5.41) is 0. The van der Waals surface area contributed by atoms with E-state index < -0.39 is 0 Å². The number of anilines is 1. The van der Waals surface area contributed by atoms with Crippen LogP contribution in [0.25, 0.3) is 0 Å². The van der Waals surface area contributed by atoms with Gasteiger partial charge in [-0.25, -0.2) is 4.98 Å². The fourth-order valence-corrected chi connectivity index (χ4v) is 2.72. The fraction of sp³-hybridized carbons (Fsp3) is 0.571. The van der Waals surface area contributed by atoms with Gasteiger partial charge in [-0.3, -0.25) is 0 Å². The average molecular weight is 278 g/mol. The maximum absolute atomic E-state index is 5.61. The zero-order valence-electron chi connectivity index (χ0n) is 11.7. The summed E-state index contributed by atoms with van der Waals surface area (Å²) < 4.78 is 0. The van der Waals surface area contributed by atoms with Crippen LogP contribution in [0, 0.1) is 0 Å². The largest absolute Gasteiger partial charge is 0.389 e. The Balaban J connectivity index is 2.20. The Kier molecular flexibility index (Phi) is 4.71. The summed E-state index contributed by atoms with van der Waals surface area (Å²) in [4.78, 5) is 9.74. The zero-order chi connectivity index (χ0) is 13.8. The van der Waals surface area contributed by atoms with Gasteiger partial charge in [0, 0.05) is 30.9 Å². The molecule has 2 N–H and O–H groups in total. The Hall–Kier alpha value is -1.20. The van der Waals surface area contributed by atoms with E-state index in [0.717, 1.165) is 37.4 Å². The van der Waals surface area contributed by atoms with E-state index in [9.17, 15) is 0 Å². The third kappa shape index (κ3) is 3.42. The number of nitrogens with zero attached hydrogens (tertiary/aromatic N) is 3. The van der Waals surface area contributed by atoms with Crippen LogP contribution < -0.4 is 10.6 Å². The van der Waals surface area contributed by atoms with Crippen molar-refractivity contribution in [2.75, 3.05) is 31.6 Å². The number of pyridine rings is 1. The van der Waals surface area contributed by atoms with Crippen molar-refractivity contribution in [3.8, 4) is 0 Å². The van der Waals surface area contributed by atoms with Crippen molar-refractivity contribution in [3.05, 3.63) is 23.9 Å². The summed E-state index contributed by atoms with van der Waals surface area (Å²) >= 11 is 4.96. The maximum atomic E-state index is 5.61. The molecule has 2 rings (SSSR count). The van der Waals surface area contributed by atoms with Crippen LogP contribution in [0.15, 0.2) is 18.3 Å². The lowest BCUT2D eigenvalue weighted by atomic mass is 10.1. The minimum absolute atomic E-state index is 0.404. The van der Waals surface area contributed by atoms with E-state index in [-0.39, 0.29) is 0 Å². The van der Waals surface area contributed by atoms with Gasteiger partial charge in [0.1, 0.15) is 10.8 Å². The number of hydrogen-bond acceptors (Lipinski definition) is 4. The predicted octanol–water partition coefficient (Wildman–Crippen LogP) is 1.64. The van der Waals surface area contributed by atoms with E-state index in [1.165, 1.54) is 6.42 Å². The van der Waals surface area contributed by atoms with Crippen LogP contribution in [0.5, 0.6) is 0 Å². The van der Waals surface area contributed by atoms with Crippen molar-refractivity contribution in [2.24, 2.45) is 5.73 Å². The second-order valence-corrected chi connectivity index (χ2v) is 5.58. The highest BCUT2D eigenvalue weighted by atomic mass is 32.1. The predicted molar refractivity (Wildman–Crippen MR) is 83.7 cm³/mol. The lowest BCUT2D eigenvalue weighted by Gasteiger charge is -2.31. The van der Waals surface area contributed by atoms with Gasteiger partial charge in [0.15, 0.2) is 0 Å². The van der Waals surface area contributed by atoms with Crippen LogP contribution in [-0.4, -0.2) is 47.6 Å². The molecule has 5 heteroatoms. The van der Waals surface area contributed by atoms with Crippen LogP contribution in [0.4, 0.5) is 5.82 Å². The number of likely N-dealkylation sites (N-methyl/N-ethyl adjacent to an activating group) is 1. The van der Waals surface area contributed by atoms with E-state index in [2.05, 4.69) is 28.8 Å². The van der Waals surface area contributed by atoms with Gasteiger partial charge < -0.3 is 15.5 Å². The molecule has 1 unspecified atom stereocenters. The lowest BCUT2D eigenvalue weighted by Crippen LogP contribution is -2.40. The van der Waals surface area contributed by atoms with Gasteiger partial charge in [-0.05, 0) is 38.6 Å². The first-order valence-electron chi connectivity index (χ1n) is 6.83. The normalized spacial score (nSPS) is 21.2. The third-order valence-corrected chi connectivity index (χ3v) is 3.94. The molecule has 104 valence electrons. The van der Waals surface area contributed by atoms with Crippen molar-refractivity contribution < 1.29 is 0 Å². The number of aromatic nitrogens is 1. The summed E-state index contributed by atoms with van der Waals surface area (Å²) in [6, 6.07) is 4.52. The molecule has 0 amide bonds. The Morgan fingerprint density at radius 2 is 2.26 bits per heavy atom. The molecule has 1 fully saturated rings. The minimum atomic E-state index is 0.404. The molecule has 2 heterocycles. The zero-order valence-corrected chi connectivity index (χ0v) is 12.5. The van der Waals surface area contributed by atoms with Crippen molar-refractivity contribution >= 4 is 23.0 Å². The average Bonchev–Trinajstić information content (AvgIpc) is 2.60. The molecule has 19 heavy (non-hydrogen) atoms. The van der Waals surface area contributed by atoms with Crippen LogP contribution in [0.2, 0.25) is 0 Å². The second-order valence-electron chi connectivity index (χ2n) is 5.14. The smallest absolute Gasteiger partial charge is 0.128 e. The molecule has 0 saturated carbocycles. The van der Waals surface area contributed by atoms with Crippen LogP contribution in [-0.2, 0) is 0 Å². The Bertz CT molecular complexity index is 432. The number of nitrogens with two attached hydrogens (primary N) is 1. The van der Waals surface area contributed by atoms with Crippen molar-refractivity contribution in [1.29, 1.82) is 0 Å². The molecule has 0 spiro atoms. The quantitative estimate of drug-likeness (QED) is 0.852. The molecule has 1 aliphatic heterocycles. The number of rotatable bonds is 3. The summed E-state index contributed by atoms with van der Waals surface area (Å²) in [6.07, 6.45) is 4.08. The number of thiocarbonyl (C=S) groups is 1. The molecule has 4 nitrogen and oxygen atoms in total. The van der Waals surface area contributed by atoms with Gasteiger partial charge in [-0.1, -0.05) is 19.1 Å². The molecular formula is C14H22N4S. The SMILES string of the molecule is CCC1CN(C)CCCN1c1ccc(C(N)=S)cn1. The Morgan fingerprint density at radius 1 is 1.47 bits per heavy atom. The number of hydrogen-bond donors (Lipinski definition) is 1. The van der Waals surface area contributed by atoms with Crippen LogP contribution in [0.1, 0.15) is 25.3 Å². The topological polar surface area (TPSA) is 45.4 Å². The van der Waals surface area contributed by atoms with Gasteiger partial charge in [0.05, 0.1) is 0 Å². The van der Waals surface area contributed by atoms with Gasteiger partial charge in [-0.2, -0.15) is 0 Å². The summed E-state index contributed by atoms with van der Waals surface area (Å²) in [5.74, 6) is 1.03. The highest BCUT2D eigenvalue weighted by Gasteiger charge is 2.22. The monoisotopic (exact) mass is 278 g/mol. The maximum Gasteiger partial charge on any atom is 0.128 e. The Morgan fingerprint density at radius 3 is 2.84 bits per heavy atom. The van der Waals surface area contributed by atoms with Crippen LogP contribution in [0.3, 0.4) is 0 Å². The van der Waals surface area contributed by atoms with Gasteiger partial charge in [0.25, 0.3) is 0 Å². The van der Waals surface area contributed by atoms with Gasteiger partial charge in [-0.15, -0.1) is 0 Å². The molecule has 1 aliphatic rings. The van der Waals surface area contributed by atoms with E-state index in [0.29, 0.717) is 11.0 Å². The van der Waals surface area contributed by atoms with Gasteiger partial charge in [0.2, 0.25) is 0 Å².